The first kappa shape index (κ1) is 19.3. The number of hydrogen-bond donors (Lipinski definition) is 0. The molecule has 6 rings (SSSR count). The summed E-state index contributed by atoms with van der Waals surface area (Å²) in [7, 11) is 0. The van der Waals surface area contributed by atoms with Crippen LogP contribution in [-0.2, 0) is 0 Å². The Kier molecular flexibility index (Phi) is 4.30. The van der Waals surface area contributed by atoms with Crippen molar-refractivity contribution in [2.24, 2.45) is 0 Å². The van der Waals surface area contributed by atoms with Gasteiger partial charge in [0.15, 0.2) is 17.0 Å². The number of halogens is 1. The minimum Gasteiger partial charge on any atom is -0.454 e. The molecule has 160 valence electrons. The van der Waals surface area contributed by atoms with Crippen molar-refractivity contribution in [3.8, 4) is 34.0 Å². The van der Waals surface area contributed by atoms with Crippen LogP contribution in [0.2, 0.25) is 5.02 Å². The second-order valence-corrected chi connectivity index (χ2v) is 7.69. The lowest BCUT2D eigenvalue weighted by atomic mass is 10.0. The molecule has 0 aliphatic carbocycles. The number of nitro groups is 1. The van der Waals surface area contributed by atoms with Crippen LogP contribution < -0.4 is 9.47 Å². The van der Waals surface area contributed by atoms with E-state index in [-0.39, 0.29) is 18.0 Å². The van der Waals surface area contributed by atoms with E-state index in [0.29, 0.717) is 55.3 Å². The number of nitrogens with zero attached hydrogens (tertiary/aromatic N) is 5. The minimum absolute atomic E-state index is 0.107. The third kappa shape index (κ3) is 3.01. The van der Waals surface area contributed by atoms with Crippen LogP contribution in [0.15, 0.2) is 60.9 Å². The summed E-state index contributed by atoms with van der Waals surface area (Å²) in [4.78, 5) is 20.9. The predicted molar refractivity (Wildman–Crippen MR) is 121 cm³/mol. The van der Waals surface area contributed by atoms with Crippen LogP contribution in [-0.4, -0.2) is 31.9 Å². The molecule has 10 heteroatoms. The van der Waals surface area contributed by atoms with Crippen LogP contribution in [0.1, 0.15) is 0 Å². The van der Waals surface area contributed by atoms with Crippen molar-refractivity contribution in [1.29, 1.82) is 0 Å². The summed E-state index contributed by atoms with van der Waals surface area (Å²) in [5.74, 6) is 1.16. The molecule has 0 radical (unpaired) electrons. The maximum absolute atomic E-state index is 11.8. The second-order valence-electron chi connectivity index (χ2n) is 7.28. The molecule has 0 bridgehead atoms. The number of benzene rings is 3. The van der Waals surface area contributed by atoms with Crippen LogP contribution >= 0.6 is 11.6 Å². The van der Waals surface area contributed by atoms with E-state index in [2.05, 4.69) is 15.2 Å². The third-order valence-corrected chi connectivity index (χ3v) is 5.76. The lowest BCUT2D eigenvalue weighted by Gasteiger charge is -2.07. The summed E-state index contributed by atoms with van der Waals surface area (Å²) in [6.07, 6.45) is 3.06. The van der Waals surface area contributed by atoms with Crippen molar-refractivity contribution in [2.45, 2.75) is 0 Å². The van der Waals surface area contributed by atoms with E-state index in [0.717, 1.165) is 0 Å². The van der Waals surface area contributed by atoms with E-state index in [1.165, 1.54) is 12.3 Å². The molecule has 3 aromatic carbocycles. The molecular formula is C23H12ClN5O4. The first-order valence-electron chi connectivity index (χ1n) is 9.85. The molecule has 5 aromatic rings. The normalized spacial score (nSPS) is 12.4. The quantitative estimate of drug-likeness (QED) is 0.268. The van der Waals surface area contributed by atoms with Gasteiger partial charge < -0.3 is 9.47 Å². The summed E-state index contributed by atoms with van der Waals surface area (Å²) in [6, 6.07) is 14.1. The van der Waals surface area contributed by atoms with Gasteiger partial charge >= 0.3 is 0 Å². The van der Waals surface area contributed by atoms with Gasteiger partial charge in [0.05, 0.1) is 39.6 Å². The molecule has 2 aromatic heterocycles. The fraction of sp³-hybridized carbons (Fsp3) is 0.0435. The number of ether oxygens (including phenoxy) is 2. The molecule has 0 saturated heterocycles. The standard InChI is InChI=1S/C23H12ClN5O4/c24-16-6-2-1-4-12(16)21-14-8-18(29(30)31)22-15(9-26-28-22)20(14)25-10-17(27-21)13-5-3-7-19-23(13)33-11-32-19/h1-10H,11H2. The van der Waals surface area contributed by atoms with Gasteiger partial charge in [-0.15, -0.1) is 5.10 Å². The zero-order valence-corrected chi connectivity index (χ0v) is 17.5. The molecule has 1 aliphatic rings. The van der Waals surface area contributed by atoms with E-state index >= 15 is 0 Å². The summed E-state index contributed by atoms with van der Waals surface area (Å²) in [5.41, 5.74) is 2.66. The van der Waals surface area contributed by atoms with Crippen LogP contribution in [0.5, 0.6) is 11.5 Å². The lowest BCUT2D eigenvalue weighted by molar-refractivity contribution is -0.383. The third-order valence-electron chi connectivity index (χ3n) is 5.44. The molecule has 0 N–H and O–H groups in total. The largest absolute Gasteiger partial charge is 0.454 e. The molecule has 0 spiro atoms. The zero-order chi connectivity index (χ0) is 22.5. The van der Waals surface area contributed by atoms with Crippen LogP contribution in [0, 0.1) is 10.1 Å². The predicted octanol–water partition coefficient (Wildman–Crippen LogP) is 5.20. The molecule has 0 fully saturated rings. The van der Waals surface area contributed by atoms with E-state index in [1.54, 1.807) is 24.4 Å². The van der Waals surface area contributed by atoms with E-state index < -0.39 is 4.92 Å². The molecular weight excluding hydrogens is 446 g/mol. The fourth-order valence-corrected chi connectivity index (χ4v) is 4.18. The Labute approximate surface area is 190 Å². The van der Waals surface area contributed by atoms with Crippen molar-refractivity contribution in [3.63, 3.8) is 0 Å². The number of aromatic nitrogens is 4. The first-order valence-corrected chi connectivity index (χ1v) is 10.2. The van der Waals surface area contributed by atoms with Gasteiger partial charge in [-0.1, -0.05) is 35.9 Å². The Bertz CT molecular complexity index is 1610. The Morgan fingerprint density at radius 2 is 1.82 bits per heavy atom. The second kappa shape index (κ2) is 7.35. The van der Waals surface area contributed by atoms with E-state index in [4.69, 9.17) is 26.1 Å². The highest BCUT2D eigenvalue weighted by Crippen LogP contribution is 2.42. The van der Waals surface area contributed by atoms with Crippen molar-refractivity contribution in [2.75, 3.05) is 6.79 Å². The van der Waals surface area contributed by atoms with Gasteiger partial charge in [0.2, 0.25) is 6.79 Å². The minimum atomic E-state index is -0.490. The topological polar surface area (TPSA) is 113 Å². The Morgan fingerprint density at radius 3 is 2.67 bits per heavy atom. The maximum Gasteiger partial charge on any atom is 0.298 e. The SMILES string of the molecule is O=[N+]([O-])c1cc2c(-c3ccccc3Cl)nc(-c3cccc4c3OCO4)cnc2c2cnnc12. The molecule has 0 unspecified atom stereocenters. The molecule has 9 nitrogen and oxygen atoms in total. The first-order chi connectivity index (χ1) is 16.1. The van der Waals surface area contributed by atoms with Gasteiger partial charge in [-0.05, 0) is 18.2 Å². The number of non-ortho nitro benzene ring substituents is 1. The van der Waals surface area contributed by atoms with Crippen LogP contribution in [0.3, 0.4) is 0 Å². The Hall–Kier alpha value is -4.37. The van der Waals surface area contributed by atoms with Gasteiger partial charge in [-0.3, -0.25) is 15.1 Å². The highest BCUT2D eigenvalue weighted by atomic mass is 35.5. The summed E-state index contributed by atoms with van der Waals surface area (Å²) >= 11 is 6.53. The zero-order valence-electron chi connectivity index (χ0n) is 16.7. The van der Waals surface area contributed by atoms with Gasteiger partial charge in [0.25, 0.3) is 5.69 Å². The van der Waals surface area contributed by atoms with Crippen molar-refractivity contribution in [1.82, 2.24) is 20.2 Å². The van der Waals surface area contributed by atoms with Gasteiger partial charge in [0.1, 0.15) is 0 Å². The highest BCUT2D eigenvalue weighted by Gasteiger charge is 2.24. The number of fused-ring (bicyclic) bond motifs is 4. The van der Waals surface area contributed by atoms with Gasteiger partial charge in [-0.2, -0.15) is 5.10 Å². The van der Waals surface area contributed by atoms with E-state index in [1.807, 2.05) is 24.3 Å². The molecule has 0 atom stereocenters. The smallest absolute Gasteiger partial charge is 0.298 e. The maximum atomic E-state index is 11.8. The molecule has 0 amide bonds. The Balaban J connectivity index is 1.77. The lowest BCUT2D eigenvalue weighted by Crippen LogP contribution is -1.94. The monoisotopic (exact) mass is 457 g/mol. The number of hydrogen-bond acceptors (Lipinski definition) is 8. The molecule has 3 heterocycles. The van der Waals surface area contributed by atoms with Crippen molar-refractivity contribution in [3.05, 3.63) is 76.1 Å². The Morgan fingerprint density at radius 1 is 0.970 bits per heavy atom. The van der Waals surface area contributed by atoms with Crippen LogP contribution in [0.25, 0.3) is 44.3 Å². The van der Waals surface area contributed by atoms with Crippen molar-refractivity contribution < 1.29 is 14.4 Å². The number of rotatable bonds is 3. The fourth-order valence-electron chi connectivity index (χ4n) is 3.95. The molecule has 1 aliphatic heterocycles. The van der Waals surface area contributed by atoms with Crippen molar-refractivity contribution >= 4 is 39.1 Å². The van der Waals surface area contributed by atoms with Gasteiger partial charge in [0, 0.05) is 27.6 Å². The summed E-state index contributed by atoms with van der Waals surface area (Å²) < 4.78 is 11.2. The van der Waals surface area contributed by atoms with Crippen LogP contribution in [0.4, 0.5) is 5.69 Å². The average Bonchev–Trinajstić information content (AvgIpc) is 3.46. The number of para-hydroxylation sites is 1. The summed E-state index contributed by atoms with van der Waals surface area (Å²) in [6.45, 7) is 0.107. The molecule has 33 heavy (non-hydrogen) atoms. The highest BCUT2D eigenvalue weighted by molar-refractivity contribution is 6.33. The van der Waals surface area contributed by atoms with Gasteiger partial charge in [-0.25, -0.2) is 4.98 Å². The number of nitro benzene ring substituents is 1. The average molecular weight is 458 g/mol. The molecule has 0 saturated carbocycles. The van der Waals surface area contributed by atoms with E-state index in [9.17, 15) is 10.1 Å². The summed E-state index contributed by atoms with van der Waals surface area (Å²) in [5, 5.41) is 21.0.